The summed E-state index contributed by atoms with van der Waals surface area (Å²) in [6.45, 7) is 2.05. The number of benzene rings is 1. The molecule has 0 radical (unpaired) electrons. The summed E-state index contributed by atoms with van der Waals surface area (Å²) in [7, 11) is 0. The van der Waals surface area contributed by atoms with E-state index >= 15 is 0 Å². The van der Waals surface area contributed by atoms with Crippen molar-refractivity contribution in [1.29, 1.82) is 0 Å². The zero-order chi connectivity index (χ0) is 10.8. The number of nitrogens with zero attached hydrogens (tertiary/aromatic N) is 2. The van der Waals surface area contributed by atoms with Crippen LogP contribution in [0, 0.1) is 0 Å². The van der Waals surface area contributed by atoms with Crippen LogP contribution in [-0.2, 0) is 13.0 Å². The molecule has 0 fully saturated rings. The standard InChI is InChI=1S/C14H14N2/c1-2-5-12(6-3-1)11-16-10-8-13-7-4-9-15-14(13)16/h1-7,9H,8,10-11H2. The van der Waals surface area contributed by atoms with Crippen LogP contribution in [-0.4, -0.2) is 11.5 Å². The van der Waals surface area contributed by atoms with Crippen molar-refractivity contribution in [3.8, 4) is 0 Å². The SMILES string of the molecule is c1ccc(CN2CCc3cccnc32)cc1. The maximum absolute atomic E-state index is 4.46. The lowest BCUT2D eigenvalue weighted by atomic mass is 10.2. The smallest absolute Gasteiger partial charge is 0.132 e. The van der Waals surface area contributed by atoms with Crippen LogP contribution in [0.3, 0.4) is 0 Å². The number of anilines is 1. The highest BCUT2D eigenvalue weighted by molar-refractivity contribution is 5.51. The molecule has 0 N–H and O–H groups in total. The molecule has 0 aliphatic carbocycles. The van der Waals surface area contributed by atoms with Crippen LogP contribution in [0.25, 0.3) is 0 Å². The fourth-order valence-electron chi connectivity index (χ4n) is 2.23. The monoisotopic (exact) mass is 210 g/mol. The Hall–Kier alpha value is -1.83. The van der Waals surface area contributed by atoms with Gasteiger partial charge in [-0.3, -0.25) is 0 Å². The van der Waals surface area contributed by atoms with Gasteiger partial charge in [0.1, 0.15) is 5.82 Å². The highest BCUT2D eigenvalue weighted by atomic mass is 15.2. The molecule has 0 saturated heterocycles. The molecule has 0 atom stereocenters. The summed E-state index contributed by atoms with van der Waals surface area (Å²) in [4.78, 5) is 6.81. The van der Waals surface area contributed by atoms with E-state index in [9.17, 15) is 0 Å². The Morgan fingerprint density at radius 2 is 1.94 bits per heavy atom. The summed E-state index contributed by atoms with van der Waals surface area (Å²) in [5, 5.41) is 0. The predicted octanol–water partition coefficient (Wildman–Crippen LogP) is 2.64. The molecule has 0 spiro atoms. The van der Waals surface area contributed by atoms with Gasteiger partial charge in [0.15, 0.2) is 0 Å². The first-order valence-electron chi connectivity index (χ1n) is 5.66. The third kappa shape index (κ3) is 1.67. The van der Waals surface area contributed by atoms with Crippen LogP contribution < -0.4 is 4.90 Å². The number of hydrogen-bond acceptors (Lipinski definition) is 2. The van der Waals surface area contributed by atoms with E-state index in [2.05, 4.69) is 46.3 Å². The van der Waals surface area contributed by atoms with Gasteiger partial charge in [0.25, 0.3) is 0 Å². The van der Waals surface area contributed by atoms with Crippen molar-refractivity contribution in [1.82, 2.24) is 4.98 Å². The molecule has 0 unspecified atom stereocenters. The minimum atomic E-state index is 0.963. The number of rotatable bonds is 2. The largest absolute Gasteiger partial charge is 0.352 e. The lowest BCUT2D eigenvalue weighted by Crippen LogP contribution is -2.20. The lowest BCUT2D eigenvalue weighted by Gasteiger charge is -2.17. The Kier molecular flexibility index (Phi) is 2.33. The van der Waals surface area contributed by atoms with Crippen LogP contribution in [0.5, 0.6) is 0 Å². The zero-order valence-corrected chi connectivity index (χ0v) is 9.13. The molecule has 80 valence electrons. The molecular formula is C14H14N2. The van der Waals surface area contributed by atoms with E-state index in [1.165, 1.54) is 11.1 Å². The number of fused-ring (bicyclic) bond motifs is 1. The number of hydrogen-bond donors (Lipinski definition) is 0. The van der Waals surface area contributed by atoms with E-state index < -0.39 is 0 Å². The highest BCUT2D eigenvalue weighted by Crippen LogP contribution is 2.26. The van der Waals surface area contributed by atoms with Crippen LogP contribution in [0.4, 0.5) is 5.82 Å². The van der Waals surface area contributed by atoms with Crippen molar-refractivity contribution in [2.45, 2.75) is 13.0 Å². The Labute approximate surface area is 95.6 Å². The molecule has 1 aliphatic rings. The van der Waals surface area contributed by atoms with Crippen molar-refractivity contribution in [2.75, 3.05) is 11.4 Å². The second kappa shape index (κ2) is 3.97. The fraction of sp³-hybridized carbons (Fsp3) is 0.214. The quantitative estimate of drug-likeness (QED) is 0.757. The predicted molar refractivity (Wildman–Crippen MR) is 65.4 cm³/mol. The molecule has 3 rings (SSSR count). The average Bonchev–Trinajstić information content (AvgIpc) is 2.74. The first-order chi connectivity index (χ1) is 7.93. The first-order valence-corrected chi connectivity index (χ1v) is 5.66. The number of pyridine rings is 1. The average molecular weight is 210 g/mol. The van der Waals surface area contributed by atoms with Gasteiger partial charge < -0.3 is 4.90 Å². The van der Waals surface area contributed by atoms with Crippen molar-refractivity contribution < 1.29 is 0 Å². The third-order valence-electron chi connectivity index (χ3n) is 3.03. The van der Waals surface area contributed by atoms with Gasteiger partial charge in [0.05, 0.1) is 0 Å². The zero-order valence-electron chi connectivity index (χ0n) is 9.13. The van der Waals surface area contributed by atoms with Crippen molar-refractivity contribution in [3.05, 3.63) is 59.8 Å². The third-order valence-corrected chi connectivity index (χ3v) is 3.03. The van der Waals surface area contributed by atoms with Gasteiger partial charge in [-0.1, -0.05) is 36.4 Å². The maximum atomic E-state index is 4.46. The van der Waals surface area contributed by atoms with Gasteiger partial charge >= 0.3 is 0 Å². The van der Waals surface area contributed by atoms with Crippen molar-refractivity contribution in [2.24, 2.45) is 0 Å². The van der Waals surface area contributed by atoms with Crippen molar-refractivity contribution in [3.63, 3.8) is 0 Å². The second-order valence-corrected chi connectivity index (χ2v) is 4.14. The number of aromatic nitrogens is 1. The lowest BCUT2D eigenvalue weighted by molar-refractivity contribution is 0.825. The summed E-state index contributed by atoms with van der Waals surface area (Å²) in [6.07, 6.45) is 3.00. The molecule has 2 heterocycles. The van der Waals surface area contributed by atoms with Crippen LogP contribution in [0.15, 0.2) is 48.7 Å². The van der Waals surface area contributed by atoms with E-state index in [1.54, 1.807) is 0 Å². The van der Waals surface area contributed by atoms with Gasteiger partial charge in [0.2, 0.25) is 0 Å². The molecule has 0 bridgehead atoms. The first kappa shape index (κ1) is 9.40. The molecule has 1 aromatic heterocycles. The summed E-state index contributed by atoms with van der Waals surface area (Å²) in [5.74, 6) is 1.16. The van der Waals surface area contributed by atoms with Crippen molar-refractivity contribution >= 4 is 5.82 Å². The summed E-state index contributed by atoms with van der Waals surface area (Å²) < 4.78 is 0. The molecule has 2 heteroatoms. The van der Waals surface area contributed by atoms with Gasteiger partial charge in [-0.15, -0.1) is 0 Å². The fourth-order valence-corrected chi connectivity index (χ4v) is 2.23. The molecule has 0 saturated carbocycles. The minimum Gasteiger partial charge on any atom is -0.352 e. The Morgan fingerprint density at radius 1 is 1.06 bits per heavy atom. The maximum Gasteiger partial charge on any atom is 0.132 e. The van der Waals surface area contributed by atoms with E-state index in [0.717, 1.165) is 25.3 Å². The molecule has 0 amide bonds. The summed E-state index contributed by atoms with van der Waals surface area (Å²) >= 11 is 0. The van der Waals surface area contributed by atoms with E-state index in [0.29, 0.717) is 0 Å². The normalized spacial score (nSPS) is 13.9. The Morgan fingerprint density at radius 3 is 2.81 bits per heavy atom. The Balaban J connectivity index is 1.84. The summed E-state index contributed by atoms with van der Waals surface area (Å²) in [5.41, 5.74) is 2.72. The van der Waals surface area contributed by atoms with Crippen LogP contribution in [0.1, 0.15) is 11.1 Å². The van der Waals surface area contributed by atoms with Gasteiger partial charge in [-0.05, 0) is 23.6 Å². The van der Waals surface area contributed by atoms with E-state index in [4.69, 9.17) is 0 Å². The minimum absolute atomic E-state index is 0.963. The van der Waals surface area contributed by atoms with Gasteiger partial charge in [0, 0.05) is 19.3 Å². The second-order valence-electron chi connectivity index (χ2n) is 4.14. The van der Waals surface area contributed by atoms with E-state index in [1.807, 2.05) is 12.3 Å². The topological polar surface area (TPSA) is 16.1 Å². The molecule has 2 aromatic rings. The highest BCUT2D eigenvalue weighted by Gasteiger charge is 2.19. The molecular weight excluding hydrogens is 196 g/mol. The van der Waals surface area contributed by atoms with Gasteiger partial charge in [-0.2, -0.15) is 0 Å². The Bertz CT molecular complexity index is 479. The summed E-state index contributed by atoms with van der Waals surface area (Å²) in [6, 6.07) is 14.8. The van der Waals surface area contributed by atoms with E-state index in [-0.39, 0.29) is 0 Å². The molecule has 16 heavy (non-hydrogen) atoms. The molecule has 1 aliphatic heterocycles. The molecule has 2 nitrogen and oxygen atoms in total. The van der Waals surface area contributed by atoms with Gasteiger partial charge in [-0.25, -0.2) is 4.98 Å². The van der Waals surface area contributed by atoms with Crippen LogP contribution in [0.2, 0.25) is 0 Å². The molecule has 1 aromatic carbocycles. The van der Waals surface area contributed by atoms with Crippen LogP contribution >= 0.6 is 0 Å².